The predicted molar refractivity (Wildman–Crippen MR) is 78.8 cm³/mol. The molecular formula is C14H18Cl2N2O. The van der Waals surface area contributed by atoms with E-state index >= 15 is 0 Å². The maximum atomic E-state index is 12.0. The van der Waals surface area contributed by atoms with Crippen LogP contribution in [0.5, 0.6) is 0 Å². The number of amides is 1. The maximum absolute atomic E-state index is 12.0. The molecule has 0 unspecified atom stereocenters. The van der Waals surface area contributed by atoms with E-state index in [1.165, 1.54) is 0 Å². The van der Waals surface area contributed by atoms with Crippen LogP contribution >= 0.6 is 23.2 Å². The summed E-state index contributed by atoms with van der Waals surface area (Å²) in [5.41, 5.74) is 1.13. The molecule has 19 heavy (non-hydrogen) atoms. The number of rotatable bonds is 4. The minimum absolute atomic E-state index is 0.251. The Morgan fingerprint density at radius 1 is 1.21 bits per heavy atom. The molecule has 5 heteroatoms. The average Bonchev–Trinajstić information content (AvgIpc) is 2.43. The standard InChI is InChI=1S/C14H18Cl2N2O/c15-12-5-4-11(10-13(12)16)2-1-3-14(19)18-8-6-17-7-9-18/h4-5,10,17H,1-3,6-9H2. The van der Waals surface area contributed by atoms with Gasteiger partial charge in [-0.3, -0.25) is 4.79 Å². The summed E-state index contributed by atoms with van der Waals surface area (Å²) < 4.78 is 0. The molecule has 1 fully saturated rings. The van der Waals surface area contributed by atoms with Crippen molar-refractivity contribution in [2.45, 2.75) is 19.3 Å². The van der Waals surface area contributed by atoms with Crippen LogP contribution in [0.4, 0.5) is 0 Å². The Balaban J connectivity index is 1.76. The first kappa shape index (κ1) is 14.6. The lowest BCUT2D eigenvalue weighted by molar-refractivity contribution is -0.131. The van der Waals surface area contributed by atoms with Gasteiger partial charge in [-0.15, -0.1) is 0 Å². The number of halogens is 2. The van der Waals surface area contributed by atoms with Crippen LogP contribution in [0.15, 0.2) is 18.2 Å². The average molecular weight is 301 g/mol. The molecule has 1 aliphatic heterocycles. The molecule has 1 N–H and O–H groups in total. The molecule has 0 spiro atoms. The lowest BCUT2D eigenvalue weighted by Crippen LogP contribution is -2.46. The van der Waals surface area contributed by atoms with E-state index in [0.29, 0.717) is 16.5 Å². The summed E-state index contributed by atoms with van der Waals surface area (Å²) in [6.07, 6.45) is 2.30. The van der Waals surface area contributed by atoms with E-state index in [-0.39, 0.29) is 5.91 Å². The highest BCUT2D eigenvalue weighted by Gasteiger charge is 2.15. The largest absolute Gasteiger partial charge is 0.340 e. The lowest BCUT2D eigenvalue weighted by Gasteiger charge is -2.27. The van der Waals surface area contributed by atoms with Gasteiger partial charge in [0.1, 0.15) is 0 Å². The fourth-order valence-corrected chi connectivity index (χ4v) is 2.53. The second-order valence-electron chi connectivity index (χ2n) is 4.73. The van der Waals surface area contributed by atoms with E-state index in [4.69, 9.17) is 23.2 Å². The highest BCUT2D eigenvalue weighted by Crippen LogP contribution is 2.23. The number of piperazine rings is 1. The highest BCUT2D eigenvalue weighted by molar-refractivity contribution is 6.42. The highest BCUT2D eigenvalue weighted by atomic mass is 35.5. The van der Waals surface area contributed by atoms with Crippen LogP contribution in [0.1, 0.15) is 18.4 Å². The number of benzene rings is 1. The molecule has 0 aromatic heterocycles. The van der Waals surface area contributed by atoms with E-state index in [1.54, 1.807) is 6.07 Å². The molecule has 1 heterocycles. The van der Waals surface area contributed by atoms with Crippen molar-refractivity contribution >= 4 is 29.1 Å². The summed E-state index contributed by atoms with van der Waals surface area (Å²) in [5.74, 6) is 0.251. The Bertz CT molecular complexity index is 445. The van der Waals surface area contributed by atoms with Crippen LogP contribution in [0, 0.1) is 0 Å². The monoisotopic (exact) mass is 300 g/mol. The molecule has 1 aromatic carbocycles. The molecule has 3 nitrogen and oxygen atoms in total. The Labute approximate surface area is 123 Å². The fourth-order valence-electron chi connectivity index (χ4n) is 2.21. The van der Waals surface area contributed by atoms with Crippen LogP contribution in [-0.2, 0) is 11.2 Å². The molecule has 104 valence electrons. The number of hydrogen-bond donors (Lipinski definition) is 1. The third-order valence-corrected chi connectivity index (χ3v) is 4.05. The summed E-state index contributed by atoms with van der Waals surface area (Å²) in [6.45, 7) is 3.45. The Morgan fingerprint density at radius 2 is 1.95 bits per heavy atom. The van der Waals surface area contributed by atoms with E-state index in [0.717, 1.165) is 44.6 Å². The van der Waals surface area contributed by atoms with Gasteiger partial charge in [-0.25, -0.2) is 0 Å². The van der Waals surface area contributed by atoms with Gasteiger partial charge in [-0.05, 0) is 30.5 Å². The van der Waals surface area contributed by atoms with E-state index in [2.05, 4.69) is 5.32 Å². The number of nitrogens with one attached hydrogen (secondary N) is 1. The predicted octanol–water partition coefficient (Wildman–Crippen LogP) is 2.75. The van der Waals surface area contributed by atoms with Crippen molar-refractivity contribution in [1.29, 1.82) is 0 Å². The molecular weight excluding hydrogens is 283 g/mol. The quantitative estimate of drug-likeness (QED) is 0.927. The number of hydrogen-bond acceptors (Lipinski definition) is 2. The molecule has 1 aliphatic rings. The zero-order valence-electron chi connectivity index (χ0n) is 10.8. The summed E-state index contributed by atoms with van der Waals surface area (Å²) in [5, 5.41) is 4.39. The van der Waals surface area contributed by atoms with Crippen LogP contribution < -0.4 is 5.32 Å². The molecule has 0 saturated carbocycles. The SMILES string of the molecule is O=C(CCCc1ccc(Cl)c(Cl)c1)N1CCNCC1. The Kier molecular flexibility index (Phi) is 5.49. The lowest BCUT2D eigenvalue weighted by atomic mass is 10.1. The number of carbonyl (C=O) groups excluding carboxylic acids is 1. The van der Waals surface area contributed by atoms with E-state index in [9.17, 15) is 4.79 Å². The molecule has 0 radical (unpaired) electrons. The van der Waals surface area contributed by atoms with Gasteiger partial charge >= 0.3 is 0 Å². The van der Waals surface area contributed by atoms with Crippen LogP contribution in [-0.4, -0.2) is 37.0 Å². The number of nitrogens with zero attached hydrogens (tertiary/aromatic N) is 1. The topological polar surface area (TPSA) is 32.3 Å². The van der Waals surface area contributed by atoms with Gasteiger partial charge in [0.2, 0.25) is 5.91 Å². The summed E-state index contributed by atoms with van der Waals surface area (Å²) >= 11 is 11.8. The second-order valence-corrected chi connectivity index (χ2v) is 5.55. The first-order chi connectivity index (χ1) is 9.16. The fraction of sp³-hybridized carbons (Fsp3) is 0.500. The zero-order chi connectivity index (χ0) is 13.7. The maximum Gasteiger partial charge on any atom is 0.222 e. The summed E-state index contributed by atoms with van der Waals surface area (Å²) in [4.78, 5) is 13.9. The Morgan fingerprint density at radius 3 is 2.63 bits per heavy atom. The molecule has 2 rings (SSSR count). The third-order valence-electron chi connectivity index (χ3n) is 3.31. The molecule has 1 aromatic rings. The van der Waals surface area contributed by atoms with Gasteiger partial charge in [0, 0.05) is 32.6 Å². The third kappa shape index (κ3) is 4.37. The van der Waals surface area contributed by atoms with Gasteiger partial charge in [-0.1, -0.05) is 29.3 Å². The summed E-state index contributed by atoms with van der Waals surface area (Å²) in [6, 6.07) is 5.64. The minimum atomic E-state index is 0.251. The molecule has 1 amide bonds. The smallest absolute Gasteiger partial charge is 0.222 e. The zero-order valence-corrected chi connectivity index (χ0v) is 12.3. The van der Waals surface area contributed by atoms with Crippen LogP contribution in [0.3, 0.4) is 0 Å². The van der Waals surface area contributed by atoms with E-state index < -0.39 is 0 Å². The first-order valence-electron chi connectivity index (χ1n) is 6.59. The van der Waals surface area contributed by atoms with Crippen molar-refractivity contribution in [1.82, 2.24) is 10.2 Å². The van der Waals surface area contributed by atoms with Gasteiger partial charge in [-0.2, -0.15) is 0 Å². The van der Waals surface area contributed by atoms with Gasteiger partial charge < -0.3 is 10.2 Å². The van der Waals surface area contributed by atoms with Gasteiger partial charge in [0.15, 0.2) is 0 Å². The number of carbonyl (C=O) groups is 1. The van der Waals surface area contributed by atoms with Crippen LogP contribution in [0.25, 0.3) is 0 Å². The van der Waals surface area contributed by atoms with Crippen molar-refractivity contribution in [2.75, 3.05) is 26.2 Å². The van der Waals surface area contributed by atoms with Crippen molar-refractivity contribution in [3.8, 4) is 0 Å². The Hall–Kier alpha value is -0.770. The van der Waals surface area contributed by atoms with E-state index in [1.807, 2.05) is 17.0 Å². The van der Waals surface area contributed by atoms with Crippen molar-refractivity contribution in [3.63, 3.8) is 0 Å². The van der Waals surface area contributed by atoms with Gasteiger partial charge in [0.25, 0.3) is 0 Å². The van der Waals surface area contributed by atoms with Crippen molar-refractivity contribution < 1.29 is 4.79 Å². The first-order valence-corrected chi connectivity index (χ1v) is 7.35. The molecule has 0 aliphatic carbocycles. The normalized spacial score (nSPS) is 15.6. The summed E-state index contributed by atoms with van der Waals surface area (Å²) in [7, 11) is 0. The van der Waals surface area contributed by atoms with Crippen molar-refractivity contribution in [2.24, 2.45) is 0 Å². The molecule has 0 bridgehead atoms. The number of aryl methyl sites for hydroxylation is 1. The van der Waals surface area contributed by atoms with Crippen molar-refractivity contribution in [3.05, 3.63) is 33.8 Å². The van der Waals surface area contributed by atoms with Crippen LogP contribution in [0.2, 0.25) is 10.0 Å². The second kappa shape index (κ2) is 7.13. The molecule has 1 saturated heterocycles. The minimum Gasteiger partial charge on any atom is -0.340 e. The molecule has 0 atom stereocenters. The van der Waals surface area contributed by atoms with Gasteiger partial charge in [0.05, 0.1) is 10.0 Å².